The minimum atomic E-state index is -0.273. The normalized spacial score (nSPS) is 10.9. The van der Waals surface area contributed by atoms with Crippen LogP contribution in [0.2, 0.25) is 0 Å². The van der Waals surface area contributed by atoms with Gasteiger partial charge >= 0.3 is 0 Å². The molecule has 0 radical (unpaired) electrons. The van der Waals surface area contributed by atoms with Crippen molar-refractivity contribution in [3.05, 3.63) is 77.7 Å². The van der Waals surface area contributed by atoms with Gasteiger partial charge < -0.3 is 0 Å². The molecule has 0 atom stereocenters. The van der Waals surface area contributed by atoms with Crippen molar-refractivity contribution in [1.29, 1.82) is 0 Å². The lowest BCUT2D eigenvalue weighted by molar-refractivity contribution is 0.628. The van der Waals surface area contributed by atoms with Crippen molar-refractivity contribution >= 4 is 12.2 Å². The number of benzene rings is 2. The number of halogens is 1. The monoisotopic (exact) mass is 306 g/mol. The molecule has 3 rings (SSSR count). The van der Waals surface area contributed by atoms with E-state index in [1.807, 2.05) is 43.3 Å². The van der Waals surface area contributed by atoms with Crippen LogP contribution in [0.25, 0.3) is 11.3 Å². The molecule has 0 amide bonds. The summed E-state index contributed by atoms with van der Waals surface area (Å²) >= 11 is 0. The summed E-state index contributed by atoms with van der Waals surface area (Å²) in [4.78, 5) is 8.76. The van der Waals surface area contributed by atoms with E-state index in [-0.39, 0.29) is 5.82 Å². The Kier molecular flexibility index (Phi) is 4.38. The number of hydrazone groups is 1. The van der Waals surface area contributed by atoms with Gasteiger partial charge in [0.2, 0.25) is 5.95 Å². The van der Waals surface area contributed by atoms with E-state index in [2.05, 4.69) is 20.5 Å². The molecule has 5 heteroatoms. The molecular weight excluding hydrogens is 291 g/mol. The highest BCUT2D eigenvalue weighted by atomic mass is 19.1. The van der Waals surface area contributed by atoms with Gasteiger partial charge in [-0.1, -0.05) is 42.5 Å². The first-order chi connectivity index (χ1) is 11.2. The van der Waals surface area contributed by atoms with E-state index in [9.17, 15) is 4.39 Å². The van der Waals surface area contributed by atoms with Gasteiger partial charge in [-0.2, -0.15) is 5.10 Å². The van der Waals surface area contributed by atoms with Crippen LogP contribution in [0.4, 0.5) is 10.3 Å². The maximum absolute atomic E-state index is 12.8. The number of anilines is 1. The maximum Gasteiger partial charge on any atom is 0.244 e. The second-order valence-electron chi connectivity index (χ2n) is 5.01. The molecule has 1 heterocycles. The summed E-state index contributed by atoms with van der Waals surface area (Å²) in [6.45, 7) is 1.91. The van der Waals surface area contributed by atoms with Gasteiger partial charge in [0.05, 0.1) is 11.9 Å². The Bertz CT molecular complexity index is 814. The van der Waals surface area contributed by atoms with E-state index >= 15 is 0 Å². The van der Waals surface area contributed by atoms with E-state index in [1.54, 1.807) is 18.3 Å². The number of nitrogens with zero attached hydrogens (tertiary/aromatic N) is 3. The molecule has 3 aromatic rings. The standard InChI is InChI=1S/C18H15FN4/c1-13-11-17(15-5-3-2-4-6-15)22-18(21-13)23-20-12-14-7-9-16(19)10-8-14/h2-12H,1H3,(H,21,22,23). The summed E-state index contributed by atoms with van der Waals surface area (Å²) in [6, 6.07) is 17.9. The number of aryl methyl sites for hydroxylation is 1. The quantitative estimate of drug-likeness (QED) is 0.584. The van der Waals surface area contributed by atoms with Gasteiger partial charge in [0.1, 0.15) is 5.82 Å². The molecule has 114 valence electrons. The molecule has 23 heavy (non-hydrogen) atoms. The smallest absolute Gasteiger partial charge is 0.244 e. The second kappa shape index (κ2) is 6.79. The molecule has 0 spiro atoms. The first kappa shape index (κ1) is 14.8. The van der Waals surface area contributed by atoms with Crippen molar-refractivity contribution in [2.24, 2.45) is 5.10 Å². The number of nitrogens with one attached hydrogen (secondary N) is 1. The maximum atomic E-state index is 12.8. The zero-order valence-electron chi connectivity index (χ0n) is 12.6. The molecule has 0 aliphatic rings. The van der Waals surface area contributed by atoms with Crippen molar-refractivity contribution in [2.75, 3.05) is 5.43 Å². The van der Waals surface area contributed by atoms with Crippen molar-refractivity contribution in [3.63, 3.8) is 0 Å². The largest absolute Gasteiger partial charge is 0.245 e. The van der Waals surface area contributed by atoms with E-state index in [4.69, 9.17) is 0 Å². The lowest BCUT2D eigenvalue weighted by Crippen LogP contribution is -2.00. The summed E-state index contributed by atoms with van der Waals surface area (Å²) in [5.74, 6) is 0.145. The predicted octanol–water partition coefficient (Wildman–Crippen LogP) is 4.04. The molecule has 4 nitrogen and oxygen atoms in total. The fourth-order valence-electron chi connectivity index (χ4n) is 2.09. The van der Waals surface area contributed by atoms with Crippen LogP contribution in [0.1, 0.15) is 11.3 Å². The molecular formula is C18H15FN4. The topological polar surface area (TPSA) is 50.2 Å². The summed E-state index contributed by atoms with van der Waals surface area (Å²) in [7, 11) is 0. The molecule has 0 aliphatic heterocycles. The Morgan fingerprint density at radius 3 is 2.48 bits per heavy atom. The highest BCUT2D eigenvalue weighted by Crippen LogP contribution is 2.18. The van der Waals surface area contributed by atoms with Crippen molar-refractivity contribution in [2.45, 2.75) is 6.92 Å². The molecule has 1 aromatic heterocycles. The summed E-state index contributed by atoms with van der Waals surface area (Å²) in [6.07, 6.45) is 1.59. The molecule has 0 saturated carbocycles. The fourth-order valence-corrected chi connectivity index (χ4v) is 2.09. The van der Waals surface area contributed by atoms with E-state index in [1.165, 1.54) is 12.1 Å². The molecule has 1 N–H and O–H groups in total. The van der Waals surface area contributed by atoms with Gasteiger partial charge in [-0.15, -0.1) is 0 Å². The van der Waals surface area contributed by atoms with Crippen LogP contribution in [-0.4, -0.2) is 16.2 Å². The van der Waals surface area contributed by atoms with Crippen LogP contribution in [-0.2, 0) is 0 Å². The minimum Gasteiger partial charge on any atom is -0.245 e. The average molecular weight is 306 g/mol. The Balaban J connectivity index is 1.78. The number of aromatic nitrogens is 2. The summed E-state index contributed by atoms with van der Waals surface area (Å²) in [5.41, 5.74) is 6.29. The van der Waals surface area contributed by atoms with Crippen LogP contribution in [0, 0.1) is 12.7 Å². The first-order valence-electron chi connectivity index (χ1n) is 7.16. The van der Waals surface area contributed by atoms with Crippen LogP contribution in [0.3, 0.4) is 0 Å². The Morgan fingerprint density at radius 2 is 1.74 bits per heavy atom. The second-order valence-corrected chi connectivity index (χ2v) is 5.01. The summed E-state index contributed by atoms with van der Waals surface area (Å²) in [5, 5.41) is 4.09. The number of hydrogen-bond donors (Lipinski definition) is 1. The van der Waals surface area contributed by atoms with Crippen LogP contribution >= 0.6 is 0 Å². The highest BCUT2D eigenvalue weighted by molar-refractivity contribution is 5.79. The third kappa shape index (κ3) is 3.97. The van der Waals surface area contributed by atoms with Gasteiger partial charge in [-0.05, 0) is 30.7 Å². The minimum absolute atomic E-state index is 0.273. The zero-order valence-corrected chi connectivity index (χ0v) is 12.6. The van der Waals surface area contributed by atoms with Crippen LogP contribution < -0.4 is 5.43 Å². The van der Waals surface area contributed by atoms with Gasteiger partial charge in [-0.25, -0.2) is 19.8 Å². The molecule has 0 aliphatic carbocycles. The number of rotatable bonds is 4. The van der Waals surface area contributed by atoms with Gasteiger partial charge in [0.15, 0.2) is 0 Å². The average Bonchev–Trinajstić information content (AvgIpc) is 2.57. The van der Waals surface area contributed by atoms with Gasteiger partial charge in [0, 0.05) is 11.3 Å². The molecule has 0 unspecified atom stereocenters. The summed E-state index contributed by atoms with van der Waals surface area (Å²) < 4.78 is 12.8. The Labute approximate surface area is 133 Å². The molecule has 2 aromatic carbocycles. The van der Waals surface area contributed by atoms with E-state index in [0.717, 1.165) is 22.5 Å². The van der Waals surface area contributed by atoms with E-state index < -0.39 is 0 Å². The first-order valence-corrected chi connectivity index (χ1v) is 7.16. The van der Waals surface area contributed by atoms with Gasteiger partial charge in [-0.3, -0.25) is 0 Å². The number of hydrogen-bond acceptors (Lipinski definition) is 4. The van der Waals surface area contributed by atoms with Crippen molar-refractivity contribution in [1.82, 2.24) is 9.97 Å². The third-order valence-electron chi connectivity index (χ3n) is 3.17. The molecule has 0 fully saturated rings. The van der Waals surface area contributed by atoms with E-state index in [0.29, 0.717) is 5.95 Å². The molecule has 0 bridgehead atoms. The fraction of sp³-hybridized carbons (Fsp3) is 0.0556. The molecule has 0 saturated heterocycles. The lowest BCUT2D eigenvalue weighted by Gasteiger charge is -2.05. The van der Waals surface area contributed by atoms with Crippen molar-refractivity contribution in [3.8, 4) is 11.3 Å². The predicted molar refractivity (Wildman–Crippen MR) is 89.8 cm³/mol. The van der Waals surface area contributed by atoms with Crippen LogP contribution in [0.15, 0.2) is 65.8 Å². The van der Waals surface area contributed by atoms with Crippen LogP contribution in [0.5, 0.6) is 0 Å². The third-order valence-corrected chi connectivity index (χ3v) is 3.17. The Hall–Kier alpha value is -3.08. The SMILES string of the molecule is Cc1cc(-c2ccccc2)nc(NN=Cc2ccc(F)cc2)n1. The lowest BCUT2D eigenvalue weighted by atomic mass is 10.1. The highest BCUT2D eigenvalue weighted by Gasteiger charge is 2.03. The van der Waals surface area contributed by atoms with Crippen molar-refractivity contribution < 1.29 is 4.39 Å². The zero-order chi connectivity index (χ0) is 16.1. The van der Waals surface area contributed by atoms with Gasteiger partial charge in [0.25, 0.3) is 0 Å². The Morgan fingerprint density at radius 1 is 1.00 bits per heavy atom.